The van der Waals surface area contributed by atoms with Gasteiger partial charge < -0.3 is 10.6 Å². The summed E-state index contributed by atoms with van der Waals surface area (Å²) in [7, 11) is 0. The summed E-state index contributed by atoms with van der Waals surface area (Å²) in [5.74, 6) is 0.653. The summed E-state index contributed by atoms with van der Waals surface area (Å²) < 4.78 is 0. The fourth-order valence-electron chi connectivity index (χ4n) is 2.91. The minimum Gasteiger partial charge on any atom is -0.340 e. The Labute approximate surface area is 164 Å². The van der Waals surface area contributed by atoms with Crippen molar-refractivity contribution in [2.75, 3.05) is 10.6 Å². The fraction of sp³-hybridized carbons (Fsp3) is 0.174. The van der Waals surface area contributed by atoms with Gasteiger partial charge in [-0.25, -0.2) is 4.98 Å². The van der Waals surface area contributed by atoms with Gasteiger partial charge in [0.05, 0.1) is 0 Å². The number of rotatable bonds is 6. The molecule has 0 unspecified atom stereocenters. The molecule has 0 atom stereocenters. The van der Waals surface area contributed by atoms with E-state index in [9.17, 15) is 9.59 Å². The van der Waals surface area contributed by atoms with Gasteiger partial charge in [0, 0.05) is 28.7 Å². The largest absolute Gasteiger partial charge is 0.340 e. The van der Waals surface area contributed by atoms with Crippen molar-refractivity contribution in [1.82, 2.24) is 4.98 Å². The minimum atomic E-state index is -0.261. The number of amides is 1. The maximum Gasteiger partial charge on any atom is 0.255 e. The molecule has 28 heavy (non-hydrogen) atoms. The van der Waals surface area contributed by atoms with E-state index in [-0.39, 0.29) is 11.7 Å². The number of nitrogens with zero attached hydrogens (tertiary/aromatic N) is 1. The van der Waals surface area contributed by atoms with Gasteiger partial charge >= 0.3 is 0 Å². The van der Waals surface area contributed by atoms with Crippen molar-refractivity contribution in [2.24, 2.45) is 0 Å². The number of carbonyl (C=O) groups is 2. The number of hydrogen-bond donors (Lipinski definition) is 2. The first kappa shape index (κ1) is 19.3. The van der Waals surface area contributed by atoms with E-state index in [0.717, 1.165) is 5.69 Å². The first-order valence-electron chi connectivity index (χ1n) is 9.18. The van der Waals surface area contributed by atoms with Crippen molar-refractivity contribution < 1.29 is 9.59 Å². The van der Waals surface area contributed by atoms with Crippen molar-refractivity contribution in [3.8, 4) is 0 Å². The van der Waals surface area contributed by atoms with Gasteiger partial charge in [-0.2, -0.15) is 0 Å². The van der Waals surface area contributed by atoms with Crippen LogP contribution in [0.5, 0.6) is 0 Å². The molecule has 0 spiro atoms. The van der Waals surface area contributed by atoms with Gasteiger partial charge in [0.2, 0.25) is 0 Å². The summed E-state index contributed by atoms with van der Waals surface area (Å²) in [6.07, 6.45) is 1.60. The second-order valence-corrected chi connectivity index (χ2v) is 6.89. The number of pyridine rings is 1. The Balaban J connectivity index is 1.79. The Morgan fingerprint density at radius 2 is 1.71 bits per heavy atom. The van der Waals surface area contributed by atoms with Gasteiger partial charge in [0.1, 0.15) is 5.82 Å². The summed E-state index contributed by atoms with van der Waals surface area (Å²) in [6.45, 7) is 5.76. The molecule has 0 fully saturated rings. The molecule has 3 aromatic rings. The zero-order chi connectivity index (χ0) is 20.1. The lowest BCUT2D eigenvalue weighted by atomic mass is 10.0. The van der Waals surface area contributed by atoms with Gasteiger partial charge in [-0.15, -0.1) is 0 Å². The monoisotopic (exact) mass is 373 g/mol. The molecular formula is C23H23N3O2. The van der Waals surface area contributed by atoms with Crippen molar-refractivity contribution in [3.63, 3.8) is 0 Å². The SMILES string of the molecule is CC(=O)c1cccc(NC(=O)c2ccnc(Nc3ccccc3C(C)C)c2)c1. The molecule has 0 saturated heterocycles. The molecule has 1 aromatic heterocycles. The Hall–Kier alpha value is -3.47. The van der Waals surface area contributed by atoms with Crippen LogP contribution in [-0.2, 0) is 0 Å². The second kappa shape index (κ2) is 8.48. The summed E-state index contributed by atoms with van der Waals surface area (Å²) >= 11 is 0. The van der Waals surface area contributed by atoms with Gasteiger partial charge in [-0.05, 0) is 48.7 Å². The number of carbonyl (C=O) groups excluding carboxylic acids is 2. The highest BCUT2D eigenvalue weighted by Crippen LogP contribution is 2.26. The molecule has 5 nitrogen and oxygen atoms in total. The van der Waals surface area contributed by atoms with Gasteiger partial charge in [-0.3, -0.25) is 9.59 Å². The minimum absolute atomic E-state index is 0.0460. The molecule has 0 radical (unpaired) electrons. The van der Waals surface area contributed by atoms with Crippen LogP contribution in [0.4, 0.5) is 17.2 Å². The molecular weight excluding hydrogens is 350 g/mol. The van der Waals surface area contributed by atoms with E-state index in [0.29, 0.717) is 28.6 Å². The topological polar surface area (TPSA) is 71.1 Å². The first-order valence-corrected chi connectivity index (χ1v) is 9.18. The van der Waals surface area contributed by atoms with Crippen LogP contribution < -0.4 is 10.6 Å². The number of benzene rings is 2. The number of hydrogen-bond acceptors (Lipinski definition) is 4. The second-order valence-electron chi connectivity index (χ2n) is 6.89. The molecule has 5 heteroatoms. The lowest BCUT2D eigenvalue weighted by molar-refractivity contribution is 0.101. The maximum atomic E-state index is 12.6. The molecule has 0 aliphatic heterocycles. The van der Waals surface area contributed by atoms with E-state index < -0.39 is 0 Å². The van der Waals surface area contributed by atoms with Gasteiger partial charge in [0.15, 0.2) is 5.78 Å². The van der Waals surface area contributed by atoms with E-state index in [1.165, 1.54) is 12.5 Å². The van der Waals surface area contributed by atoms with Crippen molar-refractivity contribution >= 4 is 28.9 Å². The predicted octanol–water partition coefficient (Wildman–Crippen LogP) is 5.40. The molecule has 3 rings (SSSR count). The molecule has 2 aromatic carbocycles. The molecule has 1 amide bonds. The first-order chi connectivity index (χ1) is 13.4. The van der Waals surface area contributed by atoms with E-state index in [4.69, 9.17) is 0 Å². The zero-order valence-electron chi connectivity index (χ0n) is 16.2. The van der Waals surface area contributed by atoms with Crippen LogP contribution in [-0.4, -0.2) is 16.7 Å². The highest BCUT2D eigenvalue weighted by molar-refractivity contribution is 6.05. The van der Waals surface area contributed by atoms with E-state index >= 15 is 0 Å². The summed E-state index contributed by atoms with van der Waals surface area (Å²) in [6, 6.07) is 18.3. The summed E-state index contributed by atoms with van der Waals surface area (Å²) in [5.41, 5.74) is 3.76. The third kappa shape index (κ3) is 4.62. The van der Waals surface area contributed by atoms with Crippen LogP contribution >= 0.6 is 0 Å². The van der Waals surface area contributed by atoms with Crippen molar-refractivity contribution in [2.45, 2.75) is 26.7 Å². The number of para-hydroxylation sites is 1. The lowest BCUT2D eigenvalue weighted by Crippen LogP contribution is -2.13. The van der Waals surface area contributed by atoms with Crippen molar-refractivity contribution in [3.05, 3.63) is 83.6 Å². The lowest BCUT2D eigenvalue weighted by Gasteiger charge is -2.14. The zero-order valence-corrected chi connectivity index (χ0v) is 16.2. The summed E-state index contributed by atoms with van der Waals surface area (Å²) in [4.78, 5) is 28.5. The molecule has 142 valence electrons. The number of anilines is 3. The maximum absolute atomic E-state index is 12.6. The standard InChI is InChI=1S/C23H23N3O2/c1-15(2)20-9-4-5-10-21(20)26-22-14-18(11-12-24-22)23(28)25-19-8-6-7-17(13-19)16(3)27/h4-15H,1-3H3,(H,24,26)(H,25,28). The number of nitrogens with one attached hydrogen (secondary N) is 2. The van der Waals surface area contributed by atoms with Gasteiger partial charge in [0.25, 0.3) is 5.91 Å². The van der Waals surface area contributed by atoms with Crippen LogP contribution in [0.3, 0.4) is 0 Å². The molecule has 2 N–H and O–H groups in total. The van der Waals surface area contributed by atoms with Gasteiger partial charge in [-0.1, -0.05) is 44.2 Å². The molecule has 0 aliphatic carbocycles. The smallest absolute Gasteiger partial charge is 0.255 e. The quantitative estimate of drug-likeness (QED) is 0.567. The number of aromatic nitrogens is 1. The molecule has 0 aliphatic rings. The Kier molecular flexibility index (Phi) is 5.84. The Morgan fingerprint density at radius 1 is 0.929 bits per heavy atom. The number of Topliss-reactive ketones (excluding diaryl/α,β-unsaturated/α-hetero) is 1. The predicted molar refractivity (Wildman–Crippen MR) is 112 cm³/mol. The highest BCUT2D eigenvalue weighted by Gasteiger charge is 2.11. The van der Waals surface area contributed by atoms with E-state index in [1.54, 1.807) is 42.6 Å². The molecule has 1 heterocycles. The van der Waals surface area contributed by atoms with Crippen LogP contribution in [0.2, 0.25) is 0 Å². The van der Waals surface area contributed by atoms with E-state index in [1.807, 2.05) is 18.2 Å². The van der Waals surface area contributed by atoms with Crippen LogP contribution in [0.15, 0.2) is 66.9 Å². The molecule has 0 saturated carbocycles. The fourth-order valence-corrected chi connectivity index (χ4v) is 2.91. The van der Waals surface area contributed by atoms with Crippen LogP contribution in [0.1, 0.15) is 53.0 Å². The average molecular weight is 373 g/mol. The normalized spacial score (nSPS) is 10.6. The number of ketones is 1. The highest BCUT2D eigenvalue weighted by atomic mass is 16.1. The van der Waals surface area contributed by atoms with E-state index in [2.05, 4.69) is 35.5 Å². The average Bonchev–Trinajstić information content (AvgIpc) is 2.68. The Bertz CT molecular complexity index is 1010. The van der Waals surface area contributed by atoms with Crippen molar-refractivity contribution in [1.29, 1.82) is 0 Å². The third-order valence-corrected chi connectivity index (χ3v) is 4.39. The summed E-state index contributed by atoms with van der Waals surface area (Å²) in [5, 5.41) is 6.13. The third-order valence-electron chi connectivity index (χ3n) is 4.39. The van der Waals surface area contributed by atoms with Crippen LogP contribution in [0.25, 0.3) is 0 Å². The molecule has 0 bridgehead atoms. The van der Waals surface area contributed by atoms with Crippen LogP contribution in [0, 0.1) is 0 Å². The Morgan fingerprint density at radius 3 is 2.46 bits per heavy atom.